The molecule has 2 aromatic carbocycles. The van der Waals surface area contributed by atoms with Gasteiger partial charge in [-0.05, 0) is 98.6 Å². The molecule has 0 amide bonds. The van der Waals surface area contributed by atoms with Gasteiger partial charge in [-0.1, -0.05) is 30.7 Å². The topological polar surface area (TPSA) is 78.8 Å². The first-order valence-corrected chi connectivity index (χ1v) is 12.7. The quantitative estimate of drug-likeness (QED) is 0.670. The first-order valence-electron chi connectivity index (χ1n) is 11.3. The molecule has 0 saturated heterocycles. The van der Waals surface area contributed by atoms with Crippen LogP contribution in [0.3, 0.4) is 0 Å². The number of phenolic OH excluding ortho intramolecular Hbond substituents is 1. The molecule has 0 aromatic heterocycles. The number of hydrazone groups is 1. The molecule has 164 valence electrons. The third kappa shape index (κ3) is 3.45. The molecule has 5 nitrogen and oxygen atoms in total. The smallest absolute Gasteiger partial charge is 0.276 e. The fourth-order valence-electron chi connectivity index (χ4n) is 6.43. The summed E-state index contributed by atoms with van der Waals surface area (Å²) in [4.78, 5) is 2.77. The molecule has 2 saturated carbocycles. The van der Waals surface area contributed by atoms with Crippen molar-refractivity contribution >= 4 is 15.7 Å². The molecule has 0 heterocycles. The van der Waals surface area contributed by atoms with Crippen LogP contribution in [0.5, 0.6) is 5.75 Å². The van der Waals surface area contributed by atoms with Crippen LogP contribution in [0, 0.1) is 24.2 Å². The maximum atomic E-state index is 12.7. The Morgan fingerprint density at radius 3 is 2.61 bits per heavy atom. The first-order chi connectivity index (χ1) is 14.8. The maximum absolute atomic E-state index is 12.7. The van der Waals surface area contributed by atoms with Crippen molar-refractivity contribution < 1.29 is 13.5 Å². The average molecular weight is 439 g/mol. The van der Waals surface area contributed by atoms with Gasteiger partial charge in [0.15, 0.2) is 0 Å². The molecule has 5 rings (SSSR count). The van der Waals surface area contributed by atoms with E-state index in [4.69, 9.17) is 0 Å². The van der Waals surface area contributed by atoms with Crippen LogP contribution >= 0.6 is 0 Å². The number of phenols is 1. The van der Waals surface area contributed by atoms with Gasteiger partial charge in [-0.25, -0.2) is 4.83 Å². The van der Waals surface area contributed by atoms with E-state index < -0.39 is 10.0 Å². The Balaban J connectivity index is 1.38. The Morgan fingerprint density at radius 2 is 1.84 bits per heavy atom. The summed E-state index contributed by atoms with van der Waals surface area (Å²) in [7, 11) is -3.66. The van der Waals surface area contributed by atoms with Gasteiger partial charge in [-0.15, -0.1) is 0 Å². The van der Waals surface area contributed by atoms with Crippen LogP contribution in [0.15, 0.2) is 52.5 Å². The van der Waals surface area contributed by atoms with Crippen molar-refractivity contribution in [2.75, 3.05) is 0 Å². The van der Waals surface area contributed by atoms with Crippen molar-refractivity contribution in [1.82, 2.24) is 4.83 Å². The SMILES string of the molecule is Cc1ccc(S(=O)(=O)N/N=C2\CCC3C4CCc5cc(O)ccc5C4CC[C@]23C)cc1. The zero-order valence-electron chi connectivity index (χ0n) is 18.1. The number of hydrogen-bond acceptors (Lipinski definition) is 4. The Morgan fingerprint density at radius 1 is 1.06 bits per heavy atom. The van der Waals surface area contributed by atoms with Gasteiger partial charge in [-0.2, -0.15) is 13.5 Å². The number of aryl methyl sites for hydroxylation is 2. The number of nitrogens with one attached hydrogen (secondary N) is 1. The van der Waals surface area contributed by atoms with E-state index in [-0.39, 0.29) is 10.3 Å². The van der Waals surface area contributed by atoms with E-state index in [2.05, 4.69) is 22.9 Å². The van der Waals surface area contributed by atoms with Gasteiger partial charge < -0.3 is 5.11 Å². The highest BCUT2D eigenvalue weighted by Gasteiger charge is 2.53. The molecule has 2 N–H and O–H groups in total. The highest BCUT2D eigenvalue weighted by atomic mass is 32.2. The first kappa shape index (κ1) is 20.6. The minimum atomic E-state index is -3.66. The minimum absolute atomic E-state index is 0.0502. The standard InChI is InChI=1S/C25H30N2O3S/c1-16-3-7-19(8-4-16)31(29,30)27-26-24-12-11-23-22-9-5-17-15-18(28)6-10-20(17)21(22)13-14-25(23,24)2/h3-4,6-8,10,15,21-23,27-28H,5,9,11-14H2,1-2H3/b26-24+/t21?,22?,23?,25-/m0/s1. The van der Waals surface area contributed by atoms with Crippen molar-refractivity contribution in [2.45, 2.75) is 63.2 Å². The Labute approximate surface area is 184 Å². The average Bonchev–Trinajstić information content (AvgIpc) is 3.08. The summed E-state index contributed by atoms with van der Waals surface area (Å²) in [5.41, 5.74) is 4.68. The molecule has 0 spiro atoms. The molecule has 2 aromatic rings. The van der Waals surface area contributed by atoms with Crippen molar-refractivity contribution in [1.29, 1.82) is 0 Å². The lowest BCUT2D eigenvalue weighted by molar-refractivity contribution is 0.0954. The van der Waals surface area contributed by atoms with Gasteiger partial charge >= 0.3 is 0 Å². The van der Waals surface area contributed by atoms with E-state index in [1.54, 1.807) is 24.3 Å². The van der Waals surface area contributed by atoms with Crippen LogP contribution in [-0.4, -0.2) is 19.2 Å². The van der Waals surface area contributed by atoms with Crippen LogP contribution in [0.25, 0.3) is 0 Å². The molecule has 3 aliphatic carbocycles. The summed E-state index contributed by atoms with van der Waals surface area (Å²) in [6.07, 6.45) is 6.15. The van der Waals surface area contributed by atoms with E-state index >= 15 is 0 Å². The number of benzene rings is 2. The zero-order valence-corrected chi connectivity index (χ0v) is 19.0. The fourth-order valence-corrected chi connectivity index (χ4v) is 7.26. The maximum Gasteiger partial charge on any atom is 0.276 e. The van der Waals surface area contributed by atoms with E-state index in [1.807, 2.05) is 19.1 Å². The third-order valence-corrected chi connectivity index (χ3v) is 9.31. The number of rotatable bonds is 3. The molecular weight excluding hydrogens is 408 g/mol. The molecule has 0 aliphatic heterocycles. The van der Waals surface area contributed by atoms with Crippen molar-refractivity contribution in [2.24, 2.45) is 22.4 Å². The molecular formula is C25H30N2O3S. The highest BCUT2D eigenvalue weighted by Crippen LogP contribution is 2.59. The Hall–Kier alpha value is -2.34. The number of aromatic hydroxyl groups is 1. The Bertz CT molecular complexity index is 1140. The fraction of sp³-hybridized carbons (Fsp3) is 0.480. The van der Waals surface area contributed by atoms with E-state index in [9.17, 15) is 13.5 Å². The molecule has 4 atom stereocenters. The van der Waals surface area contributed by atoms with Crippen LogP contribution in [0.1, 0.15) is 61.6 Å². The van der Waals surface area contributed by atoms with Crippen molar-refractivity contribution in [3.05, 3.63) is 59.2 Å². The molecule has 0 radical (unpaired) electrons. The van der Waals surface area contributed by atoms with Crippen molar-refractivity contribution in [3.8, 4) is 5.75 Å². The second-order valence-electron chi connectivity index (χ2n) is 9.76. The lowest BCUT2D eigenvalue weighted by Crippen LogP contribution is -2.43. The molecule has 6 heteroatoms. The van der Waals surface area contributed by atoms with Gasteiger partial charge in [0.2, 0.25) is 0 Å². The predicted octanol–water partition coefficient (Wildman–Crippen LogP) is 4.89. The molecule has 3 unspecified atom stereocenters. The molecule has 2 fully saturated rings. The van der Waals surface area contributed by atoms with Crippen LogP contribution < -0.4 is 4.83 Å². The summed E-state index contributed by atoms with van der Waals surface area (Å²) >= 11 is 0. The molecule has 0 bridgehead atoms. The summed E-state index contributed by atoms with van der Waals surface area (Å²) in [6.45, 7) is 4.22. The van der Waals surface area contributed by atoms with Crippen molar-refractivity contribution in [3.63, 3.8) is 0 Å². The number of sulfonamides is 1. The van der Waals surface area contributed by atoms with E-state index in [1.165, 1.54) is 11.1 Å². The minimum Gasteiger partial charge on any atom is -0.508 e. The van der Waals surface area contributed by atoms with Gasteiger partial charge in [0.25, 0.3) is 10.0 Å². The monoisotopic (exact) mass is 438 g/mol. The molecule has 3 aliphatic rings. The summed E-state index contributed by atoms with van der Waals surface area (Å²) in [6, 6.07) is 12.7. The summed E-state index contributed by atoms with van der Waals surface area (Å²) < 4.78 is 25.4. The third-order valence-electron chi connectivity index (χ3n) is 8.08. The number of fused-ring (bicyclic) bond motifs is 5. The summed E-state index contributed by atoms with van der Waals surface area (Å²) in [5, 5.41) is 14.3. The second-order valence-corrected chi connectivity index (χ2v) is 11.4. The largest absolute Gasteiger partial charge is 0.508 e. The number of hydrogen-bond donors (Lipinski definition) is 2. The van der Waals surface area contributed by atoms with E-state index in [0.717, 1.165) is 49.8 Å². The predicted molar refractivity (Wildman–Crippen MR) is 122 cm³/mol. The number of nitrogens with zero attached hydrogens (tertiary/aromatic N) is 1. The van der Waals surface area contributed by atoms with Gasteiger partial charge in [0, 0.05) is 11.1 Å². The zero-order chi connectivity index (χ0) is 21.8. The van der Waals surface area contributed by atoms with Gasteiger partial charge in [0.05, 0.1) is 4.90 Å². The van der Waals surface area contributed by atoms with Gasteiger partial charge in [0.1, 0.15) is 5.75 Å². The normalized spacial score (nSPS) is 31.0. The molecule has 31 heavy (non-hydrogen) atoms. The van der Waals surface area contributed by atoms with Gasteiger partial charge in [-0.3, -0.25) is 0 Å². The van der Waals surface area contributed by atoms with E-state index in [0.29, 0.717) is 23.5 Å². The van der Waals surface area contributed by atoms with Crippen LogP contribution in [0.4, 0.5) is 0 Å². The summed E-state index contributed by atoms with van der Waals surface area (Å²) in [5.74, 6) is 2.01. The van der Waals surface area contributed by atoms with Crippen LogP contribution in [0.2, 0.25) is 0 Å². The Kier molecular flexibility index (Phi) is 4.88. The highest BCUT2D eigenvalue weighted by molar-refractivity contribution is 7.89. The second kappa shape index (κ2) is 7.37. The lowest BCUT2D eigenvalue weighted by atomic mass is 9.55. The lowest BCUT2D eigenvalue weighted by Gasteiger charge is -2.49. The van der Waals surface area contributed by atoms with Crippen LogP contribution in [-0.2, 0) is 16.4 Å².